The van der Waals surface area contributed by atoms with Crippen molar-refractivity contribution in [1.82, 2.24) is 4.90 Å². The lowest BCUT2D eigenvalue weighted by Crippen LogP contribution is -2.29. The molecule has 0 spiro atoms. The molecule has 1 saturated heterocycles. The lowest BCUT2D eigenvalue weighted by Gasteiger charge is -2.14. The summed E-state index contributed by atoms with van der Waals surface area (Å²) in [5.74, 6) is 0.0957. The van der Waals surface area contributed by atoms with Gasteiger partial charge in [0, 0.05) is 11.4 Å². The standard InChI is InChI=1S/C18H22N2O3S2/c1-4-9-20-14(21)10-24-18(20)19-16-15(17(22)23-11(2)3)12-7-5-6-8-13(12)25-16/h4,11H,1,5-10H2,2-3H3/b19-18-. The number of aliphatic imine (C=N–C) groups is 1. The highest BCUT2D eigenvalue weighted by Crippen LogP contribution is 2.41. The molecule has 1 aliphatic carbocycles. The molecule has 1 amide bonds. The van der Waals surface area contributed by atoms with Gasteiger partial charge in [-0.25, -0.2) is 9.79 Å². The predicted molar refractivity (Wildman–Crippen MR) is 103 cm³/mol. The van der Waals surface area contributed by atoms with Gasteiger partial charge in [0.25, 0.3) is 0 Å². The Kier molecular flexibility index (Phi) is 5.64. The van der Waals surface area contributed by atoms with E-state index in [1.165, 1.54) is 16.6 Å². The first-order valence-corrected chi connectivity index (χ1v) is 10.3. The van der Waals surface area contributed by atoms with Crippen molar-refractivity contribution < 1.29 is 14.3 Å². The number of esters is 1. The first-order chi connectivity index (χ1) is 12.0. The molecular weight excluding hydrogens is 356 g/mol. The van der Waals surface area contributed by atoms with Crippen LogP contribution in [-0.4, -0.2) is 40.3 Å². The Hall–Kier alpha value is -1.60. The molecule has 0 unspecified atom stereocenters. The van der Waals surface area contributed by atoms with Crippen molar-refractivity contribution in [1.29, 1.82) is 0 Å². The van der Waals surface area contributed by atoms with Gasteiger partial charge in [0.15, 0.2) is 5.17 Å². The fourth-order valence-corrected chi connectivity index (χ4v) is 5.19. The van der Waals surface area contributed by atoms with Gasteiger partial charge in [-0.1, -0.05) is 17.8 Å². The van der Waals surface area contributed by atoms with Crippen LogP contribution in [-0.2, 0) is 22.4 Å². The maximum atomic E-state index is 12.7. The van der Waals surface area contributed by atoms with E-state index in [9.17, 15) is 9.59 Å². The number of rotatable bonds is 5. The third-order valence-electron chi connectivity index (χ3n) is 4.07. The Balaban J connectivity index is 2.02. The van der Waals surface area contributed by atoms with E-state index in [-0.39, 0.29) is 18.0 Å². The Bertz CT molecular complexity index is 737. The molecule has 1 aliphatic heterocycles. The van der Waals surface area contributed by atoms with E-state index in [1.54, 1.807) is 22.3 Å². The second-order valence-corrected chi connectivity index (χ2v) is 8.35. The van der Waals surface area contributed by atoms with Crippen LogP contribution in [0, 0.1) is 0 Å². The largest absolute Gasteiger partial charge is 0.459 e. The van der Waals surface area contributed by atoms with E-state index >= 15 is 0 Å². The zero-order valence-corrected chi connectivity index (χ0v) is 16.2. The average molecular weight is 379 g/mol. The van der Waals surface area contributed by atoms with Crippen LogP contribution in [0.25, 0.3) is 0 Å². The van der Waals surface area contributed by atoms with Crippen molar-refractivity contribution >= 4 is 45.1 Å². The molecule has 25 heavy (non-hydrogen) atoms. The number of thiophene rings is 1. The maximum absolute atomic E-state index is 12.7. The van der Waals surface area contributed by atoms with Gasteiger partial charge in [0.2, 0.25) is 5.91 Å². The highest BCUT2D eigenvalue weighted by atomic mass is 32.2. The van der Waals surface area contributed by atoms with Crippen molar-refractivity contribution in [3.63, 3.8) is 0 Å². The molecule has 2 heterocycles. The van der Waals surface area contributed by atoms with Gasteiger partial charge in [-0.3, -0.25) is 9.69 Å². The van der Waals surface area contributed by atoms with Crippen molar-refractivity contribution in [2.45, 2.75) is 45.6 Å². The SMILES string of the molecule is C=CCN1C(=O)CS/C1=N\c1sc2c(c1C(=O)OC(C)C)CCCC2. The zero-order valence-electron chi connectivity index (χ0n) is 14.5. The van der Waals surface area contributed by atoms with Gasteiger partial charge in [-0.2, -0.15) is 0 Å². The van der Waals surface area contributed by atoms with Crippen LogP contribution in [0.2, 0.25) is 0 Å². The van der Waals surface area contributed by atoms with Crippen LogP contribution in [0.15, 0.2) is 17.6 Å². The summed E-state index contributed by atoms with van der Waals surface area (Å²) in [6.45, 7) is 7.83. The molecule has 7 heteroatoms. The number of carbonyl (C=O) groups is 2. The molecule has 1 fully saturated rings. The fraction of sp³-hybridized carbons (Fsp3) is 0.500. The molecule has 134 valence electrons. The Morgan fingerprint density at radius 2 is 2.16 bits per heavy atom. The van der Waals surface area contributed by atoms with Gasteiger partial charge < -0.3 is 4.74 Å². The minimum atomic E-state index is -0.307. The Morgan fingerprint density at radius 3 is 2.88 bits per heavy atom. The maximum Gasteiger partial charge on any atom is 0.341 e. The summed E-state index contributed by atoms with van der Waals surface area (Å²) in [4.78, 5) is 32.2. The van der Waals surface area contributed by atoms with Gasteiger partial charge in [-0.05, 0) is 45.1 Å². The van der Waals surface area contributed by atoms with Gasteiger partial charge in [0.05, 0.1) is 17.4 Å². The van der Waals surface area contributed by atoms with E-state index < -0.39 is 0 Å². The summed E-state index contributed by atoms with van der Waals surface area (Å²) in [5, 5.41) is 1.31. The number of ether oxygens (including phenoxy) is 1. The monoisotopic (exact) mass is 378 g/mol. The van der Waals surface area contributed by atoms with Crippen molar-refractivity contribution in [3.05, 3.63) is 28.7 Å². The number of nitrogens with zero attached hydrogens (tertiary/aromatic N) is 2. The van der Waals surface area contributed by atoms with Gasteiger partial charge in [-0.15, -0.1) is 17.9 Å². The Labute approximate surface area is 156 Å². The normalized spacial score (nSPS) is 18.8. The summed E-state index contributed by atoms with van der Waals surface area (Å²) >= 11 is 2.97. The summed E-state index contributed by atoms with van der Waals surface area (Å²) in [7, 11) is 0. The second-order valence-electron chi connectivity index (χ2n) is 6.32. The second kappa shape index (κ2) is 7.74. The van der Waals surface area contributed by atoms with E-state index in [0.29, 0.717) is 28.0 Å². The topological polar surface area (TPSA) is 59.0 Å². The molecule has 3 rings (SSSR count). The molecule has 0 aromatic carbocycles. The molecule has 1 aromatic heterocycles. The highest BCUT2D eigenvalue weighted by Gasteiger charge is 2.31. The lowest BCUT2D eigenvalue weighted by atomic mass is 9.95. The van der Waals surface area contributed by atoms with E-state index in [4.69, 9.17) is 9.73 Å². The van der Waals surface area contributed by atoms with Crippen molar-refractivity contribution in [3.8, 4) is 0 Å². The minimum Gasteiger partial charge on any atom is -0.459 e. The number of aryl methyl sites for hydroxylation is 1. The van der Waals surface area contributed by atoms with E-state index in [1.807, 2.05) is 13.8 Å². The van der Waals surface area contributed by atoms with Crippen molar-refractivity contribution in [2.75, 3.05) is 12.3 Å². The van der Waals surface area contributed by atoms with Crippen molar-refractivity contribution in [2.24, 2.45) is 4.99 Å². The van der Waals surface area contributed by atoms with Crippen LogP contribution in [0.1, 0.15) is 47.5 Å². The van der Waals surface area contributed by atoms with Gasteiger partial charge in [0.1, 0.15) is 5.00 Å². The minimum absolute atomic E-state index is 0.0243. The third kappa shape index (κ3) is 3.82. The number of amides is 1. The molecule has 2 aliphatic rings. The summed E-state index contributed by atoms with van der Waals surface area (Å²) in [6, 6.07) is 0. The smallest absolute Gasteiger partial charge is 0.341 e. The average Bonchev–Trinajstić information content (AvgIpc) is 3.09. The quantitative estimate of drug-likeness (QED) is 0.575. The van der Waals surface area contributed by atoms with Gasteiger partial charge >= 0.3 is 5.97 Å². The first-order valence-electron chi connectivity index (χ1n) is 8.49. The fourth-order valence-electron chi connectivity index (χ4n) is 2.99. The number of amidine groups is 1. The molecule has 0 radical (unpaired) electrons. The number of hydrogen-bond acceptors (Lipinski definition) is 6. The summed E-state index contributed by atoms with van der Waals surface area (Å²) in [5.41, 5.74) is 1.69. The van der Waals surface area contributed by atoms with Crippen LogP contribution in [0.4, 0.5) is 5.00 Å². The van der Waals surface area contributed by atoms with E-state index in [2.05, 4.69) is 6.58 Å². The number of carbonyl (C=O) groups excluding carboxylic acids is 2. The first kappa shape index (κ1) is 18.2. The molecular formula is C18H22N2O3S2. The highest BCUT2D eigenvalue weighted by molar-refractivity contribution is 8.15. The van der Waals surface area contributed by atoms with Crippen LogP contribution >= 0.6 is 23.1 Å². The number of thioether (sulfide) groups is 1. The van der Waals surface area contributed by atoms with E-state index in [0.717, 1.165) is 31.2 Å². The molecule has 0 N–H and O–H groups in total. The number of fused-ring (bicyclic) bond motifs is 1. The third-order valence-corrected chi connectivity index (χ3v) is 6.21. The molecule has 1 aromatic rings. The number of hydrogen-bond donors (Lipinski definition) is 0. The van der Waals surface area contributed by atoms with Crippen LogP contribution in [0.3, 0.4) is 0 Å². The summed E-state index contributed by atoms with van der Waals surface area (Å²) < 4.78 is 5.46. The molecule has 0 saturated carbocycles. The summed E-state index contributed by atoms with van der Waals surface area (Å²) in [6.07, 6.45) is 5.60. The molecule has 0 atom stereocenters. The lowest BCUT2D eigenvalue weighted by molar-refractivity contribution is -0.123. The molecule has 5 nitrogen and oxygen atoms in total. The molecule has 0 bridgehead atoms. The Morgan fingerprint density at radius 1 is 1.40 bits per heavy atom. The van der Waals surface area contributed by atoms with Crippen LogP contribution in [0.5, 0.6) is 0 Å². The van der Waals surface area contributed by atoms with Crippen LogP contribution < -0.4 is 0 Å². The predicted octanol–water partition coefficient (Wildman–Crippen LogP) is 3.94. The zero-order chi connectivity index (χ0) is 18.0.